The minimum Gasteiger partial charge on any atom is -0.314 e. The number of carbonyl (C=O) groups excluding carboxylic acids is 1. The van der Waals surface area contributed by atoms with Gasteiger partial charge in [-0.05, 0) is 35.9 Å². The topological polar surface area (TPSA) is 50.8 Å². The molecular formula is C18H14Cl3N3O. The lowest BCUT2D eigenvalue weighted by Gasteiger charge is -2.04. The minimum atomic E-state index is -0.148. The second kappa shape index (κ2) is 7.08. The number of hydrogen-bond acceptors (Lipinski definition) is 2. The highest BCUT2D eigenvalue weighted by Gasteiger charge is 2.13. The summed E-state index contributed by atoms with van der Waals surface area (Å²) in [4.78, 5) is 12.5. The van der Waals surface area contributed by atoms with Gasteiger partial charge in [-0.25, -0.2) is 0 Å². The van der Waals surface area contributed by atoms with E-state index in [9.17, 15) is 4.79 Å². The predicted octanol–water partition coefficient (Wildman–Crippen LogP) is 4.82. The Morgan fingerprint density at radius 1 is 1.04 bits per heavy atom. The van der Waals surface area contributed by atoms with E-state index >= 15 is 0 Å². The summed E-state index contributed by atoms with van der Waals surface area (Å²) in [6.45, 7) is 0.0399. The van der Waals surface area contributed by atoms with Crippen molar-refractivity contribution >= 4 is 40.6 Å². The molecule has 0 amide bonds. The summed E-state index contributed by atoms with van der Waals surface area (Å²) >= 11 is 17.8. The van der Waals surface area contributed by atoms with Crippen LogP contribution in [0.2, 0.25) is 15.1 Å². The molecule has 3 aromatic rings. The number of Topliss-reactive ketones (excluding diaryl/α,β-unsaturated/α-hetero) is 1. The van der Waals surface area contributed by atoms with Crippen LogP contribution >= 0.6 is 34.8 Å². The number of carbonyl (C=O) groups is 1. The van der Waals surface area contributed by atoms with Gasteiger partial charge in [-0.3, -0.25) is 10.2 Å². The zero-order chi connectivity index (χ0) is 18.1. The molecule has 0 aliphatic rings. The molecule has 0 spiro atoms. The number of nitrogens with zero attached hydrogens (tertiary/aromatic N) is 2. The Bertz CT molecular complexity index is 1000. The van der Waals surface area contributed by atoms with Crippen LogP contribution in [0.15, 0.2) is 48.7 Å². The molecule has 0 bridgehead atoms. The number of benzene rings is 2. The van der Waals surface area contributed by atoms with E-state index < -0.39 is 0 Å². The van der Waals surface area contributed by atoms with Crippen LogP contribution in [-0.4, -0.2) is 14.9 Å². The lowest BCUT2D eigenvalue weighted by atomic mass is 10.1. The normalized spacial score (nSPS) is 10.9. The summed E-state index contributed by atoms with van der Waals surface area (Å²) < 4.78 is 3.31. The average molecular weight is 395 g/mol. The van der Waals surface area contributed by atoms with Crippen molar-refractivity contribution in [3.8, 4) is 11.3 Å². The van der Waals surface area contributed by atoms with E-state index in [1.807, 2.05) is 12.1 Å². The van der Waals surface area contributed by atoms with Crippen molar-refractivity contribution in [3.63, 3.8) is 0 Å². The Hall–Kier alpha value is -2.01. The number of hydrogen-bond donors (Lipinski definition) is 1. The van der Waals surface area contributed by atoms with Crippen molar-refractivity contribution in [2.75, 3.05) is 0 Å². The van der Waals surface area contributed by atoms with Crippen molar-refractivity contribution in [3.05, 3.63) is 74.9 Å². The molecular weight excluding hydrogens is 381 g/mol. The number of nitrogens with one attached hydrogen (secondary N) is 1. The van der Waals surface area contributed by atoms with Gasteiger partial charge in [0.05, 0.1) is 22.3 Å². The molecule has 1 aromatic heterocycles. The molecule has 7 heteroatoms. The summed E-state index contributed by atoms with van der Waals surface area (Å²) in [5.41, 5.74) is 2.42. The van der Waals surface area contributed by atoms with E-state index in [4.69, 9.17) is 40.2 Å². The maximum absolute atomic E-state index is 12.5. The molecule has 4 nitrogen and oxygen atoms in total. The van der Waals surface area contributed by atoms with E-state index in [-0.39, 0.29) is 17.9 Å². The van der Waals surface area contributed by atoms with Crippen LogP contribution in [0.3, 0.4) is 0 Å². The Morgan fingerprint density at radius 3 is 2.36 bits per heavy atom. The standard InChI is InChI=1S/C18H14Cl3N3O/c1-23-16(11-2-5-13(19)6-3-11)9-24(18(23)22)10-17(25)12-4-7-14(20)15(21)8-12/h2-9,22H,10H2,1H3. The summed E-state index contributed by atoms with van der Waals surface area (Å²) in [6.07, 6.45) is 1.78. The Labute approximate surface area is 159 Å². The molecule has 0 aliphatic heterocycles. The first kappa shape index (κ1) is 17.8. The van der Waals surface area contributed by atoms with Crippen LogP contribution in [-0.2, 0) is 13.6 Å². The first-order chi connectivity index (χ1) is 11.9. The molecule has 0 atom stereocenters. The van der Waals surface area contributed by atoms with Gasteiger partial charge in [0.25, 0.3) is 0 Å². The number of aromatic nitrogens is 2. The van der Waals surface area contributed by atoms with Crippen LogP contribution in [0.5, 0.6) is 0 Å². The fraction of sp³-hybridized carbons (Fsp3) is 0.111. The van der Waals surface area contributed by atoms with Crippen molar-refractivity contribution in [2.24, 2.45) is 7.05 Å². The van der Waals surface area contributed by atoms with Gasteiger partial charge in [-0.2, -0.15) is 0 Å². The van der Waals surface area contributed by atoms with Gasteiger partial charge in [0.2, 0.25) is 5.62 Å². The van der Waals surface area contributed by atoms with E-state index in [2.05, 4.69) is 0 Å². The molecule has 1 N–H and O–H groups in total. The van der Waals surface area contributed by atoms with Crippen LogP contribution < -0.4 is 5.62 Å². The molecule has 0 unspecified atom stereocenters. The molecule has 0 saturated carbocycles. The van der Waals surface area contributed by atoms with Crippen molar-refractivity contribution in [2.45, 2.75) is 6.54 Å². The molecule has 128 valence electrons. The Balaban J connectivity index is 1.92. The second-order valence-electron chi connectivity index (χ2n) is 5.58. The Kier molecular flexibility index (Phi) is 5.04. The van der Waals surface area contributed by atoms with Crippen LogP contribution in [0.25, 0.3) is 11.3 Å². The second-order valence-corrected chi connectivity index (χ2v) is 6.83. The molecule has 1 heterocycles. The highest BCUT2D eigenvalue weighted by atomic mass is 35.5. The lowest BCUT2D eigenvalue weighted by Crippen LogP contribution is -2.25. The van der Waals surface area contributed by atoms with E-state index in [1.165, 1.54) is 0 Å². The average Bonchev–Trinajstić information content (AvgIpc) is 2.86. The summed E-state index contributed by atoms with van der Waals surface area (Å²) in [6, 6.07) is 12.1. The maximum atomic E-state index is 12.5. The molecule has 2 aromatic carbocycles. The number of imidazole rings is 1. The highest BCUT2D eigenvalue weighted by molar-refractivity contribution is 6.42. The van der Waals surface area contributed by atoms with Crippen LogP contribution in [0, 0.1) is 5.41 Å². The maximum Gasteiger partial charge on any atom is 0.202 e. The smallest absolute Gasteiger partial charge is 0.202 e. The molecule has 0 aliphatic carbocycles. The summed E-state index contributed by atoms with van der Waals surface area (Å²) in [5.74, 6) is -0.148. The van der Waals surface area contributed by atoms with E-state index in [0.717, 1.165) is 11.3 Å². The van der Waals surface area contributed by atoms with E-state index in [1.54, 1.807) is 52.7 Å². The number of rotatable bonds is 4. The molecule has 25 heavy (non-hydrogen) atoms. The lowest BCUT2D eigenvalue weighted by molar-refractivity contribution is 0.0970. The predicted molar refractivity (Wildman–Crippen MR) is 100 cm³/mol. The number of ketones is 1. The largest absolute Gasteiger partial charge is 0.314 e. The minimum absolute atomic E-state index is 0.0399. The van der Waals surface area contributed by atoms with Crippen LogP contribution in [0.4, 0.5) is 0 Å². The SMILES string of the molecule is Cn1c(-c2ccc(Cl)cc2)cn(CC(=O)c2ccc(Cl)c(Cl)c2)c1=N. The van der Waals surface area contributed by atoms with Crippen LogP contribution in [0.1, 0.15) is 10.4 Å². The van der Waals surface area contributed by atoms with Crippen molar-refractivity contribution < 1.29 is 4.79 Å². The molecule has 3 rings (SSSR count). The first-order valence-electron chi connectivity index (χ1n) is 7.42. The Morgan fingerprint density at radius 2 is 1.72 bits per heavy atom. The van der Waals surface area contributed by atoms with Gasteiger partial charge >= 0.3 is 0 Å². The third-order valence-corrected chi connectivity index (χ3v) is 4.92. The van der Waals surface area contributed by atoms with Gasteiger partial charge < -0.3 is 9.13 Å². The van der Waals surface area contributed by atoms with Crippen molar-refractivity contribution in [1.29, 1.82) is 5.41 Å². The third-order valence-electron chi connectivity index (χ3n) is 3.92. The van der Waals surface area contributed by atoms with Gasteiger partial charge in [0, 0.05) is 23.8 Å². The number of halogens is 3. The van der Waals surface area contributed by atoms with E-state index in [0.29, 0.717) is 20.6 Å². The van der Waals surface area contributed by atoms with Gasteiger partial charge in [-0.1, -0.05) is 46.9 Å². The fourth-order valence-corrected chi connectivity index (χ4v) is 2.95. The van der Waals surface area contributed by atoms with Gasteiger partial charge in [0.1, 0.15) is 0 Å². The quantitative estimate of drug-likeness (QED) is 0.634. The van der Waals surface area contributed by atoms with Gasteiger partial charge in [0.15, 0.2) is 5.78 Å². The van der Waals surface area contributed by atoms with Crippen molar-refractivity contribution in [1.82, 2.24) is 9.13 Å². The first-order valence-corrected chi connectivity index (χ1v) is 8.55. The third kappa shape index (κ3) is 3.66. The fourth-order valence-electron chi connectivity index (χ4n) is 2.53. The highest BCUT2D eigenvalue weighted by Crippen LogP contribution is 2.23. The molecule has 0 saturated heterocycles. The summed E-state index contributed by atoms with van der Waals surface area (Å²) in [7, 11) is 1.78. The molecule has 0 fully saturated rings. The molecule has 0 radical (unpaired) electrons. The monoisotopic (exact) mass is 393 g/mol. The van der Waals surface area contributed by atoms with Gasteiger partial charge in [-0.15, -0.1) is 0 Å². The zero-order valence-corrected chi connectivity index (χ0v) is 15.5. The summed E-state index contributed by atoms with van der Waals surface area (Å²) in [5, 5.41) is 9.62. The zero-order valence-electron chi connectivity index (χ0n) is 13.3.